The van der Waals surface area contributed by atoms with E-state index in [0.29, 0.717) is 25.3 Å². The normalized spacial score (nSPS) is 14.7. The van der Waals surface area contributed by atoms with Crippen molar-refractivity contribution in [2.24, 2.45) is 4.99 Å². The molecule has 32 heavy (non-hydrogen) atoms. The topological polar surface area (TPSA) is 50.7 Å². The third kappa shape index (κ3) is 4.13. The van der Waals surface area contributed by atoms with E-state index in [-0.39, 0.29) is 33.3 Å². The van der Waals surface area contributed by atoms with Gasteiger partial charge in [0.05, 0.1) is 22.7 Å². The molecule has 1 N–H and O–H groups in total. The van der Waals surface area contributed by atoms with E-state index in [4.69, 9.17) is 16.3 Å². The van der Waals surface area contributed by atoms with Crippen molar-refractivity contribution in [1.29, 1.82) is 0 Å². The van der Waals surface area contributed by atoms with Crippen LogP contribution in [0.4, 0.5) is 36.4 Å². The number of anilines is 1. The summed E-state index contributed by atoms with van der Waals surface area (Å²) in [6.45, 7) is 1.80. The van der Waals surface area contributed by atoms with Gasteiger partial charge in [0.15, 0.2) is 0 Å². The van der Waals surface area contributed by atoms with E-state index < -0.39 is 29.5 Å². The zero-order chi connectivity index (χ0) is 23.9. The monoisotopic (exact) mass is 482 g/mol. The molecule has 12 heteroatoms. The number of carbonyl (C=O) groups is 1. The Morgan fingerprint density at radius 1 is 1.06 bits per heavy atom. The molecule has 172 valence electrons. The van der Waals surface area contributed by atoms with E-state index in [9.17, 15) is 35.5 Å². The van der Waals surface area contributed by atoms with E-state index in [1.807, 2.05) is 0 Å². The number of carbonyl (C=O) groups excluding carboxylic acids is 1. The number of rotatable bonds is 4. The van der Waals surface area contributed by atoms with Crippen molar-refractivity contribution in [2.75, 3.05) is 18.5 Å². The van der Waals surface area contributed by atoms with Crippen LogP contribution in [0, 0.1) is 6.92 Å². The van der Waals surface area contributed by atoms with Crippen LogP contribution in [0.5, 0.6) is 0 Å². The molecule has 0 aromatic heterocycles. The molecule has 0 radical (unpaired) electrons. The van der Waals surface area contributed by atoms with Crippen molar-refractivity contribution >= 4 is 29.1 Å². The molecule has 1 aliphatic heterocycles. The van der Waals surface area contributed by atoms with Crippen LogP contribution in [-0.4, -0.2) is 37.3 Å². The molecule has 1 amide bonds. The van der Waals surface area contributed by atoms with Crippen molar-refractivity contribution in [3.8, 4) is 0 Å². The van der Waals surface area contributed by atoms with Gasteiger partial charge in [0.2, 0.25) is 5.90 Å². The number of nitrogens with one attached hydrogen (secondary N) is 1. The molecule has 3 rings (SSSR count). The van der Waals surface area contributed by atoms with Gasteiger partial charge < -0.3 is 10.1 Å². The minimum absolute atomic E-state index is 0.0180. The number of hydrogen-bond donors (Lipinski definition) is 1. The molecule has 0 spiro atoms. The Kier molecular flexibility index (Phi) is 6.16. The lowest BCUT2D eigenvalue weighted by Gasteiger charge is -2.30. The van der Waals surface area contributed by atoms with Gasteiger partial charge in [-0.15, -0.1) is 0 Å². The largest absolute Gasteiger partial charge is 0.475 e. The van der Waals surface area contributed by atoms with E-state index in [0.717, 1.165) is 13.0 Å². The average Bonchev–Trinajstić information content (AvgIpc) is 3.21. The smallest absolute Gasteiger partial charge is 0.435 e. The minimum atomic E-state index is -6.24. The molecule has 0 atom stereocenters. The van der Waals surface area contributed by atoms with E-state index in [1.165, 1.54) is 12.1 Å². The molecule has 0 bridgehead atoms. The van der Waals surface area contributed by atoms with Crippen LogP contribution < -0.4 is 5.32 Å². The number of aliphatic imine (C=N–C) groups is 1. The van der Waals surface area contributed by atoms with Crippen LogP contribution >= 0.6 is 11.6 Å². The molecule has 0 fully saturated rings. The molecule has 1 heterocycles. The predicted molar refractivity (Wildman–Crippen MR) is 103 cm³/mol. The lowest BCUT2D eigenvalue weighted by molar-refractivity contribution is -0.348. The molecule has 2 aromatic carbocycles. The first-order valence-corrected chi connectivity index (χ1v) is 9.36. The van der Waals surface area contributed by atoms with Crippen LogP contribution in [0.3, 0.4) is 0 Å². The summed E-state index contributed by atoms with van der Waals surface area (Å²) in [7, 11) is 0. The highest BCUT2D eigenvalue weighted by atomic mass is 35.5. The van der Waals surface area contributed by atoms with E-state index in [2.05, 4.69) is 10.3 Å². The number of benzene rings is 2. The third-order valence-corrected chi connectivity index (χ3v) is 5.03. The van der Waals surface area contributed by atoms with Gasteiger partial charge in [-0.05, 0) is 30.7 Å². The molecule has 4 nitrogen and oxygen atoms in total. The maximum absolute atomic E-state index is 14.3. The minimum Gasteiger partial charge on any atom is -0.475 e. The lowest BCUT2D eigenvalue weighted by Crippen LogP contribution is -2.50. The summed E-state index contributed by atoms with van der Waals surface area (Å²) in [6, 6.07) is 5.94. The second kappa shape index (κ2) is 8.27. The van der Waals surface area contributed by atoms with Crippen molar-refractivity contribution in [3.63, 3.8) is 0 Å². The van der Waals surface area contributed by atoms with Gasteiger partial charge in [0.25, 0.3) is 5.91 Å². The van der Waals surface area contributed by atoms with E-state index >= 15 is 0 Å². The molecule has 0 saturated heterocycles. The fourth-order valence-electron chi connectivity index (χ4n) is 3.12. The maximum atomic E-state index is 14.3. The van der Waals surface area contributed by atoms with Gasteiger partial charge in [-0.1, -0.05) is 29.8 Å². The summed E-state index contributed by atoms with van der Waals surface area (Å²) in [5.74, 6) is -0.639. The van der Waals surface area contributed by atoms with Crippen molar-refractivity contribution < 1.29 is 40.3 Å². The molecular formula is C20H14ClF7N2O2. The molecule has 2 aromatic rings. The first kappa shape index (κ1) is 23.8. The highest BCUT2D eigenvalue weighted by Crippen LogP contribution is 2.53. The van der Waals surface area contributed by atoms with Crippen LogP contribution in [-0.2, 0) is 10.4 Å². The number of hydrogen-bond acceptors (Lipinski definition) is 3. The lowest BCUT2D eigenvalue weighted by atomic mass is 9.92. The number of alkyl halides is 7. The Morgan fingerprint density at radius 3 is 2.25 bits per heavy atom. The number of nitrogens with zero attached hydrogens (tertiary/aromatic N) is 1. The van der Waals surface area contributed by atoms with Gasteiger partial charge in [-0.2, -0.15) is 26.3 Å². The van der Waals surface area contributed by atoms with Crippen molar-refractivity contribution in [1.82, 2.24) is 0 Å². The second-order valence-corrected chi connectivity index (χ2v) is 7.24. The van der Waals surface area contributed by atoms with Crippen LogP contribution in [0.25, 0.3) is 0 Å². The SMILES string of the molecule is Cc1cc(C(F)(C(F)(F)F)C(F)(F)F)ccc1NC(=O)c1c(Cl)cccc1C1=NCCO1. The molecule has 0 unspecified atom stereocenters. The molecular weight excluding hydrogens is 469 g/mol. The number of ether oxygens (including phenoxy) is 1. The van der Waals surface area contributed by atoms with Gasteiger partial charge in [0, 0.05) is 11.3 Å². The van der Waals surface area contributed by atoms with Crippen molar-refractivity contribution in [3.05, 3.63) is 63.7 Å². The van der Waals surface area contributed by atoms with Crippen LogP contribution in [0.1, 0.15) is 27.0 Å². The first-order chi connectivity index (χ1) is 14.8. The molecule has 0 saturated carbocycles. The molecule has 0 aliphatic carbocycles. The third-order valence-electron chi connectivity index (χ3n) is 4.71. The van der Waals surface area contributed by atoms with Gasteiger partial charge in [0.1, 0.15) is 6.61 Å². The number of halogens is 8. The fraction of sp³-hybridized carbons (Fsp3) is 0.300. The summed E-state index contributed by atoms with van der Waals surface area (Å²) < 4.78 is 97.5. The Labute approximate surface area is 182 Å². The van der Waals surface area contributed by atoms with Gasteiger partial charge in [-0.3, -0.25) is 4.79 Å². The average molecular weight is 483 g/mol. The summed E-state index contributed by atoms with van der Waals surface area (Å²) >= 11 is 6.12. The Morgan fingerprint density at radius 2 is 1.72 bits per heavy atom. The summed E-state index contributed by atoms with van der Waals surface area (Å²) in [6.07, 6.45) is -12.5. The first-order valence-electron chi connectivity index (χ1n) is 8.98. The number of amides is 1. The summed E-state index contributed by atoms with van der Waals surface area (Å²) in [4.78, 5) is 16.9. The van der Waals surface area contributed by atoms with Gasteiger partial charge >= 0.3 is 18.0 Å². The fourth-order valence-corrected chi connectivity index (χ4v) is 3.38. The zero-order valence-electron chi connectivity index (χ0n) is 16.2. The van der Waals surface area contributed by atoms with Gasteiger partial charge in [-0.25, -0.2) is 9.38 Å². The predicted octanol–water partition coefficient (Wildman–Crippen LogP) is 5.97. The summed E-state index contributed by atoms with van der Waals surface area (Å²) in [5, 5.41) is 2.39. The zero-order valence-corrected chi connectivity index (χ0v) is 16.9. The van der Waals surface area contributed by atoms with Crippen LogP contribution in [0.15, 0.2) is 41.4 Å². The highest BCUT2D eigenvalue weighted by Gasteiger charge is 2.73. The number of aryl methyl sites for hydroxylation is 1. The quantitative estimate of drug-likeness (QED) is 0.546. The summed E-state index contributed by atoms with van der Waals surface area (Å²) in [5.41, 5.74) is -7.37. The van der Waals surface area contributed by atoms with Crippen LogP contribution in [0.2, 0.25) is 5.02 Å². The highest BCUT2D eigenvalue weighted by molar-refractivity contribution is 6.35. The van der Waals surface area contributed by atoms with Crippen molar-refractivity contribution in [2.45, 2.75) is 24.9 Å². The maximum Gasteiger partial charge on any atom is 0.435 e. The van der Waals surface area contributed by atoms with E-state index in [1.54, 1.807) is 6.07 Å². The second-order valence-electron chi connectivity index (χ2n) is 6.84. The molecule has 1 aliphatic rings. The Bertz CT molecular complexity index is 1070. The Balaban J connectivity index is 1.97. The standard InChI is InChI=1S/C20H14ClF7N2O2/c1-10-9-11(18(22,19(23,24)25)20(26,27)28)5-6-14(10)30-16(31)15-12(3-2-4-13(15)21)17-29-7-8-32-17/h2-6,9H,7-8H2,1H3,(H,30,31). The Hall–Kier alpha value is -2.82.